The minimum atomic E-state index is -0.481. The first-order valence-electron chi connectivity index (χ1n) is 13.9. The van der Waals surface area contributed by atoms with Crippen molar-refractivity contribution in [3.05, 3.63) is 108 Å². The van der Waals surface area contributed by atoms with Crippen molar-refractivity contribution in [2.45, 2.75) is 32.6 Å². The summed E-state index contributed by atoms with van der Waals surface area (Å²) in [5, 5.41) is 2.79. The number of rotatable bonds is 7. The van der Waals surface area contributed by atoms with Crippen molar-refractivity contribution in [3.63, 3.8) is 0 Å². The molecule has 1 aromatic carbocycles. The Labute approximate surface area is 250 Å². The third-order valence-corrected chi connectivity index (χ3v) is 7.08. The summed E-state index contributed by atoms with van der Waals surface area (Å²) in [6.45, 7) is 6.12. The molecule has 43 heavy (non-hydrogen) atoms. The number of imidazole rings is 1. The molecular weight excluding hydrogens is 543 g/mol. The maximum atomic E-state index is 15.2. The highest BCUT2D eigenvalue weighted by Crippen LogP contribution is 2.29. The number of nitrogens with one attached hydrogen (secondary N) is 1. The van der Waals surface area contributed by atoms with Gasteiger partial charge in [0.1, 0.15) is 17.3 Å². The molecule has 9 heteroatoms. The van der Waals surface area contributed by atoms with Crippen LogP contribution in [0.1, 0.15) is 37.5 Å². The molecule has 5 aromatic rings. The lowest BCUT2D eigenvalue weighted by Gasteiger charge is -2.22. The molecule has 0 aliphatic rings. The number of aromatic nitrogens is 4. The summed E-state index contributed by atoms with van der Waals surface area (Å²) in [6, 6.07) is 14.5. The third-order valence-electron chi connectivity index (χ3n) is 7.08. The number of fused-ring (bicyclic) bond motifs is 1. The summed E-state index contributed by atoms with van der Waals surface area (Å²) in [5.74, 6) is -0.643. The molecule has 0 bridgehead atoms. The summed E-state index contributed by atoms with van der Waals surface area (Å²) < 4.78 is 17.1. The Morgan fingerprint density at radius 2 is 1.72 bits per heavy atom. The number of carbonyl (C=O) groups is 2. The molecule has 0 atom stereocenters. The summed E-state index contributed by atoms with van der Waals surface area (Å²) in [5.41, 5.74) is 5.86. The standard InChI is InChI=1S/C34H33FN6O2/c1-34(2,3)27-19-30(37-20-26(27)8-9-33(43)40(4)5)39-32(42)18-24-6-7-25(16-28(24)35)29-21-38-31-17-23(12-15-41(29)31)22-10-13-36-14-11-22/h6-17,19-21H,18H2,1-5H3,(H,37,39,42)/b9-8+. The van der Waals surface area contributed by atoms with Crippen LogP contribution < -0.4 is 5.32 Å². The number of likely N-dealkylation sites (N-methyl/N-ethyl adjacent to an activating group) is 1. The van der Waals surface area contributed by atoms with E-state index >= 15 is 4.39 Å². The number of benzene rings is 1. The van der Waals surface area contributed by atoms with E-state index < -0.39 is 5.82 Å². The molecule has 2 amide bonds. The molecule has 0 aliphatic heterocycles. The van der Waals surface area contributed by atoms with E-state index in [0.29, 0.717) is 11.4 Å². The van der Waals surface area contributed by atoms with Gasteiger partial charge in [-0.2, -0.15) is 0 Å². The van der Waals surface area contributed by atoms with Crippen molar-refractivity contribution in [3.8, 4) is 22.4 Å². The molecule has 0 spiro atoms. The fourth-order valence-corrected chi connectivity index (χ4v) is 4.75. The van der Waals surface area contributed by atoms with E-state index in [1.165, 1.54) is 17.0 Å². The summed E-state index contributed by atoms with van der Waals surface area (Å²) >= 11 is 0. The largest absolute Gasteiger partial charge is 0.345 e. The fourth-order valence-electron chi connectivity index (χ4n) is 4.75. The number of pyridine rings is 3. The quantitative estimate of drug-likeness (QED) is 0.234. The van der Waals surface area contributed by atoms with Gasteiger partial charge in [-0.3, -0.25) is 19.0 Å². The number of anilines is 1. The van der Waals surface area contributed by atoms with Gasteiger partial charge in [-0.25, -0.2) is 14.4 Å². The van der Waals surface area contributed by atoms with E-state index in [4.69, 9.17) is 0 Å². The average molecular weight is 577 g/mol. The number of nitrogens with zero attached hydrogens (tertiary/aromatic N) is 5. The van der Waals surface area contributed by atoms with Gasteiger partial charge in [0.2, 0.25) is 11.8 Å². The first-order chi connectivity index (χ1) is 20.5. The maximum absolute atomic E-state index is 15.2. The molecule has 0 saturated heterocycles. The Morgan fingerprint density at radius 3 is 2.42 bits per heavy atom. The second-order valence-electron chi connectivity index (χ2n) is 11.5. The predicted molar refractivity (Wildman–Crippen MR) is 167 cm³/mol. The van der Waals surface area contributed by atoms with Crippen LogP contribution in [-0.2, 0) is 21.4 Å². The molecular formula is C34H33FN6O2. The maximum Gasteiger partial charge on any atom is 0.246 e. The summed E-state index contributed by atoms with van der Waals surface area (Å²) in [4.78, 5) is 39.4. The zero-order valence-electron chi connectivity index (χ0n) is 24.8. The van der Waals surface area contributed by atoms with Gasteiger partial charge in [0.05, 0.1) is 18.3 Å². The third kappa shape index (κ3) is 6.67. The van der Waals surface area contributed by atoms with Crippen LogP contribution in [0.3, 0.4) is 0 Å². The van der Waals surface area contributed by atoms with E-state index in [1.807, 2.05) is 55.6 Å². The zero-order valence-corrected chi connectivity index (χ0v) is 24.8. The lowest BCUT2D eigenvalue weighted by molar-refractivity contribution is -0.123. The van der Waals surface area contributed by atoms with Gasteiger partial charge in [-0.05, 0) is 75.7 Å². The molecule has 0 saturated carbocycles. The number of hydrogen-bond donors (Lipinski definition) is 1. The van der Waals surface area contributed by atoms with Gasteiger partial charge in [-0.15, -0.1) is 0 Å². The van der Waals surface area contributed by atoms with Gasteiger partial charge >= 0.3 is 0 Å². The Kier molecular flexibility index (Phi) is 8.16. The molecule has 218 valence electrons. The first-order valence-corrected chi connectivity index (χ1v) is 13.9. The lowest BCUT2D eigenvalue weighted by atomic mass is 9.84. The van der Waals surface area contributed by atoms with Crippen molar-refractivity contribution >= 4 is 29.4 Å². The molecule has 0 unspecified atom stereocenters. The van der Waals surface area contributed by atoms with Gasteiger partial charge in [0.15, 0.2) is 0 Å². The molecule has 8 nitrogen and oxygen atoms in total. The molecule has 1 N–H and O–H groups in total. The van der Waals surface area contributed by atoms with Crippen LogP contribution in [-0.4, -0.2) is 50.2 Å². The number of amides is 2. The minimum Gasteiger partial charge on any atom is -0.345 e. The van der Waals surface area contributed by atoms with E-state index in [9.17, 15) is 9.59 Å². The van der Waals surface area contributed by atoms with E-state index in [-0.39, 0.29) is 29.2 Å². The summed E-state index contributed by atoms with van der Waals surface area (Å²) in [6.07, 6.45) is 11.8. The predicted octanol–water partition coefficient (Wildman–Crippen LogP) is 6.18. The highest BCUT2D eigenvalue weighted by molar-refractivity contribution is 5.93. The molecule has 5 rings (SSSR count). The SMILES string of the molecule is CN(C)C(=O)/C=C/c1cnc(NC(=O)Cc2ccc(-c3cnc4cc(-c5ccncc5)ccn34)cc2F)cc1C(C)(C)C. The molecule has 4 heterocycles. The van der Waals surface area contributed by atoms with Crippen molar-refractivity contribution in [1.29, 1.82) is 0 Å². The highest BCUT2D eigenvalue weighted by Gasteiger charge is 2.20. The van der Waals surface area contributed by atoms with E-state index in [0.717, 1.165) is 33.6 Å². The molecule has 0 radical (unpaired) electrons. The van der Waals surface area contributed by atoms with Crippen LogP contribution in [0.4, 0.5) is 10.2 Å². The average Bonchev–Trinajstić information content (AvgIpc) is 3.40. The van der Waals surface area contributed by atoms with Crippen molar-refractivity contribution in [2.75, 3.05) is 19.4 Å². The lowest BCUT2D eigenvalue weighted by Crippen LogP contribution is -2.20. The smallest absolute Gasteiger partial charge is 0.246 e. The highest BCUT2D eigenvalue weighted by atomic mass is 19.1. The van der Waals surface area contributed by atoms with Gasteiger partial charge < -0.3 is 10.2 Å². The van der Waals surface area contributed by atoms with Crippen molar-refractivity contribution in [2.24, 2.45) is 0 Å². The van der Waals surface area contributed by atoms with Crippen LogP contribution >= 0.6 is 0 Å². The topological polar surface area (TPSA) is 92.5 Å². The van der Waals surface area contributed by atoms with Gasteiger partial charge in [0, 0.05) is 50.5 Å². The fraction of sp³-hybridized carbons (Fsp3) is 0.206. The number of carbonyl (C=O) groups excluding carboxylic acids is 2. The van der Waals surface area contributed by atoms with E-state index in [1.54, 1.807) is 63.2 Å². The second kappa shape index (κ2) is 12.0. The first kappa shape index (κ1) is 29.3. The van der Waals surface area contributed by atoms with Crippen LogP contribution in [0.5, 0.6) is 0 Å². The van der Waals surface area contributed by atoms with Crippen molar-refractivity contribution < 1.29 is 14.0 Å². The van der Waals surface area contributed by atoms with Crippen LogP contribution in [0.15, 0.2) is 85.6 Å². The van der Waals surface area contributed by atoms with Gasteiger partial charge in [0.25, 0.3) is 0 Å². The normalized spacial score (nSPS) is 11.7. The molecule has 0 fully saturated rings. The second-order valence-corrected chi connectivity index (χ2v) is 11.5. The van der Waals surface area contributed by atoms with Crippen molar-refractivity contribution in [1.82, 2.24) is 24.3 Å². The Balaban J connectivity index is 1.31. The minimum absolute atomic E-state index is 0.137. The zero-order chi connectivity index (χ0) is 30.7. The Hall–Kier alpha value is -5.18. The van der Waals surface area contributed by atoms with Crippen LogP contribution in [0.25, 0.3) is 34.1 Å². The van der Waals surface area contributed by atoms with E-state index in [2.05, 4.69) is 20.3 Å². The Bertz CT molecular complexity index is 1840. The van der Waals surface area contributed by atoms with Gasteiger partial charge in [-0.1, -0.05) is 32.9 Å². The molecule has 0 aliphatic carbocycles. The van der Waals surface area contributed by atoms with Crippen LogP contribution in [0, 0.1) is 5.82 Å². The van der Waals surface area contributed by atoms with Crippen LogP contribution in [0.2, 0.25) is 0 Å². The molecule has 4 aromatic heterocycles. The summed E-state index contributed by atoms with van der Waals surface area (Å²) in [7, 11) is 3.37. The number of halogens is 1. The Morgan fingerprint density at radius 1 is 0.953 bits per heavy atom. The monoisotopic (exact) mass is 576 g/mol. The number of hydrogen-bond acceptors (Lipinski definition) is 5.